The van der Waals surface area contributed by atoms with Crippen LogP contribution in [0.2, 0.25) is 0 Å². The number of nitrogens with one attached hydrogen (secondary N) is 1. The first kappa shape index (κ1) is 16.1. The van der Waals surface area contributed by atoms with Gasteiger partial charge in [-0.25, -0.2) is 0 Å². The molecule has 1 unspecified atom stereocenters. The van der Waals surface area contributed by atoms with Gasteiger partial charge in [-0.1, -0.05) is 18.9 Å². The molecule has 2 N–H and O–H groups in total. The number of methoxy groups -OCH3 is 1. The summed E-state index contributed by atoms with van der Waals surface area (Å²) in [5.41, 5.74) is 1.18. The normalized spacial score (nSPS) is 18.9. The van der Waals surface area contributed by atoms with E-state index in [9.17, 15) is 5.11 Å². The maximum atomic E-state index is 10.1. The van der Waals surface area contributed by atoms with Crippen molar-refractivity contribution >= 4 is 0 Å². The molecule has 0 aromatic heterocycles. The molecular weight excluding hydrogens is 264 g/mol. The molecule has 0 aliphatic heterocycles. The highest BCUT2D eigenvalue weighted by Gasteiger charge is 2.35. The second-order valence-corrected chi connectivity index (χ2v) is 6.35. The lowest BCUT2D eigenvalue weighted by atomic mass is 9.95. The van der Waals surface area contributed by atoms with Crippen LogP contribution in [0.25, 0.3) is 0 Å². The summed E-state index contributed by atoms with van der Waals surface area (Å²) in [5.74, 6) is 0.976. The van der Waals surface area contributed by atoms with E-state index in [-0.39, 0.29) is 11.6 Å². The first-order valence-corrected chi connectivity index (χ1v) is 7.76. The Hall–Kier alpha value is -1.26. The van der Waals surface area contributed by atoms with E-state index in [4.69, 9.17) is 4.74 Å². The van der Waals surface area contributed by atoms with Gasteiger partial charge in [0.1, 0.15) is 11.5 Å². The Morgan fingerprint density at radius 3 is 2.52 bits per heavy atom. The minimum absolute atomic E-state index is 0.119. The first-order chi connectivity index (χ1) is 9.98. The summed E-state index contributed by atoms with van der Waals surface area (Å²) < 4.78 is 5.13. The number of hydrogen-bond donors (Lipinski definition) is 2. The molecule has 21 heavy (non-hydrogen) atoms. The summed E-state index contributed by atoms with van der Waals surface area (Å²) in [5, 5.41) is 13.7. The zero-order valence-electron chi connectivity index (χ0n) is 13.6. The Bertz CT molecular complexity index is 468. The Labute approximate surface area is 128 Å². The van der Waals surface area contributed by atoms with Crippen molar-refractivity contribution in [3.63, 3.8) is 0 Å². The van der Waals surface area contributed by atoms with Gasteiger partial charge in [-0.05, 0) is 39.9 Å². The average Bonchev–Trinajstić information content (AvgIpc) is 2.94. The zero-order valence-corrected chi connectivity index (χ0v) is 13.6. The van der Waals surface area contributed by atoms with E-state index in [0.717, 1.165) is 12.1 Å². The molecule has 1 fully saturated rings. The largest absolute Gasteiger partial charge is 0.507 e. The fourth-order valence-electron chi connectivity index (χ4n) is 3.28. The van der Waals surface area contributed by atoms with E-state index >= 15 is 0 Å². The van der Waals surface area contributed by atoms with Gasteiger partial charge in [0.25, 0.3) is 0 Å². The molecule has 0 bridgehead atoms. The van der Waals surface area contributed by atoms with Gasteiger partial charge in [-0.3, -0.25) is 0 Å². The van der Waals surface area contributed by atoms with Gasteiger partial charge in [0.2, 0.25) is 0 Å². The standard InChI is InChI=1S/C17H28N2O2/c1-13(15-8-7-14(21-4)11-16(15)20)18-12-17(19(2)3)9-5-6-10-17/h7-8,11,13,18,20H,5-6,9-10,12H2,1-4H3. The summed E-state index contributed by atoms with van der Waals surface area (Å²) in [4.78, 5) is 2.35. The number of aromatic hydroxyl groups is 1. The molecule has 4 nitrogen and oxygen atoms in total. The van der Waals surface area contributed by atoms with Crippen molar-refractivity contribution in [2.75, 3.05) is 27.7 Å². The van der Waals surface area contributed by atoms with Gasteiger partial charge < -0.3 is 20.1 Å². The van der Waals surface area contributed by atoms with Crippen LogP contribution in [-0.4, -0.2) is 43.3 Å². The predicted molar refractivity (Wildman–Crippen MR) is 86.0 cm³/mol. The van der Waals surface area contributed by atoms with Crippen molar-refractivity contribution in [1.82, 2.24) is 10.2 Å². The van der Waals surface area contributed by atoms with Crippen LogP contribution in [-0.2, 0) is 0 Å². The number of hydrogen-bond acceptors (Lipinski definition) is 4. The van der Waals surface area contributed by atoms with Crippen molar-refractivity contribution in [2.45, 2.75) is 44.2 Å². The SMILES string of the molecule is COc1ccc(C(C)NCC2(N(C)C)CCCC2)c(O)c1. The molecule has 2 rings (SSSR count). The fraction of sp³-hybridized carbons (Fsp3) is 0.647. The highest BCUT2D eigenvalue weighted by Crippen LogP contribution is 2.34. The summed E-state index contributed by atoms with van der Waals surface area (Å²) in [7, 11) is 5.95. The number of benzene rings is 1. The number of ether oxygens (including phenoxy) is 1. The van der Waals surface area contributed by atoms with E-state index in [1.54, 1.807) is 13.2 Å². The molecule has 0 saturated heterocycles. The van der Waals surface area contributed by atoms with E-state index < -0.39 is 0 Å². The number of nitrogens with zero attached hydrogens (tertiary/aromatic N) is 1. The average molecular weight is 292 g/mol. The zero-order chi connectivity index (χ0) is 15.5. The van der Waals surface area contributed by atoms with Crippen molar-refractivity contribution in [3.05, 3.63) is 23.8 Å². The number of rotatable bonds is 6. The lowest BCUT2D eigenvalue weighted by Crippen LogP contribution is -2.50. The Morgan fingerprint density at radius 1 is 1.33 bits per heavy atom. The van der Waals surface area contributed by atoms with E-state index in [0.29, 0.717) is 11.5 Å². The van der Waals surface area contributed by atoms with Gasteiger partial charge in [0.05, 0.1) is 7.11 Å². The van der Waals surface area contributed by atoms with Crippen molar-refractivity contribution < 1.29 is 9.84 Å². The van der Waals surface area contributed by atoms with Crippen LogP contribution < -0.4 is 10.1 Å². The monoisotopic (exact) mass is 292 g/mol. The number of phenols is 1. The lowest BCUT2D eigenvalue weighted by molar-refractivity contribution is 0.150. The molecule has 0 spiro atoms. The highest BCUT2D eigenvalue weighted by atomic mass is 16.5. The first-order valence-electron chi connectivity index (χ1n) is 7.76. The summed E-state index contributed by atoms with van der Waals surface area (Å²) >= 11 is 0. The molecule has 1 saturated carbocycles. The van der Waals surface area contributed by atoms with E-state index in [1.165, 1.54) is 25.7 Å². The maximum Gasteiger partial charge on any atom is 0.124 e. The van der Waals surface area contributed by atoms with E-state index in [1.807, 2.05) is 12.1 Å². The van der Waals surface area contributed by atoms with Crippen LogP contribution in [0.3, 0.4) is 0 Å². The van der Waals surface area contributed by atoms with Crippen LogP contribution in [0, 0.1) is 0 Å². The van der Waals surface area contributed by atoms with Crippen LogP contribution in [0.5, 0.6) is 11.5 Å². The number of likely N-dealkylation sites (N-methyl/N-ethyl adjacent to an activating group) is 1. The third-order valence-corrected chi connectivity index (χ3v) is 4.92. The van der Waals surface area contributed by atoms with Crippen LogP contribution in [0.4, 0.5) is 0 Å². The number of phenolic OH excluding ortho intramolecular Hbond substituents is 1. The Balaban J connectivity index is 2.02. The van der Waals surface area contributed by atoms with Gasteiger partial charge in [-0.2, -0.15) is 0 Å². The fourth-order valence-corrected chi connectivity index (χ4v) is 3.28. The molecule has 1 aromatic carbocycles. The quantitative estimate of drug-likeness (QED) is 0.846. The smallest absolute Gasteiger partial charge is 0.124 e. The van der Waals surface area contributed by atoms with Crippen molar-refractivity contribution in [1.29, 1.82) is 0 Å². The predicted octanol–water partition coefficient (Wildman–Crippen LogP) is 2.93. The molecule has 118 valence electrons. The molecule has 0 radical (unpaired) electrons. The van der Waals surface area contributed by atoms with Crippen LogP contribution >= 0.6 is 0 Å². The van der Waals surface area contributed by atoms with Crippen molar-refractivity contribution in [2.24, 2.45) is 0 Å². The van der Waals surface area contributed by atoms with Crippen LogP contribution in [0.15, 0.2) is 18.2 Å². The summed E-state index contributed by atoms with van der Waals surface area (Å²) in [6.45, 7) is 3.05. The third-order valence-electron chi connectivity index (χ3n) is 4.92. The summed E-state index contributed by atoms with van der Waals surface area (Å²) in [6, 6.07) is 5.62. The lowest BCUT2D eigenvalue weighted by Gasteiger charge is -2.37. The molecule has 1 atom stereocenters. The van der Waals surface area contributed by atoms with Crippen molar-refractivity contribution in [3.8, 4) is 11.5 Å². The van der Waals surface area contributed by atoms with Gasteiger partial charge in [-0.15, -0.1) is 0 Å². The Morgan fingerprint density at radius 2 is 2.00 bits per heavy atom. The minimum atomic E-state index is 0.119. The van der Waals surface area contributed by atoms with Gasteiger partial charge in [0.15, 0.2) is 0 Å². The second-order valence-electron chi connectivity index (χ2n) is 6.35. The third kappa shape index (κ3) is 3.50. The highest BCUT2D eigenvalue weighted by molar-refractivity contribution is 5.41. The van der Waals surface area contributed by atoms with Gasteiger partial charge >= 0.3 is 0 Å². The molecule has 1 aliphatic carbocycles. The molecule has 1 aliphatic rings. The molecule has 0 heterocycles. The second kappa shape index (κ2) is 6.67. The topological polar surface area (TPSA) is 44.7 Å². The molecule has 4 heteroatoms. The van der Waals surface area contributed by atoms with Crippen LogP contribution in [0.1, 0.15) is 44.2 Å². The summed E-state index contributed by atoms with van der Waals surface area (Å²) in [6.07, 6.45) is 5.10. The maximum absolute atomic E-state index is 10.1. The molecule has 1 aromatic rings. The van der Waals surface area contributed by atoms with E-state index in [2.05, 4.69) is 31.2 Å². The minimum Gasteiger partial charge on any atom is -0.507 e. The molecular formula is C17H28N2O2. The Kier molecular flexibility index (Phi) is 5.12. The molecule has 0 amide bonds. The van der Waals surface area contributed by atoms with Gasteiger partial charge in [0, 0.05) is 29.8 Å².